The molecule has 4 atom stereocenters. The van der Waals surface area contributed by atoms with Crippen molar-refractivity contribution in [3.05, 3.63) is 65.7 Å². The Hall–Kier alpha value is -3.64. The molecule has 1 aliphatic heterocycles. The van der Waals surface area contributed by atoms with Crippen LogP contribution in [-0.2, 0) is 16.0 Å². The average molecular weight is 524 g/mol. The van der Waals surface area contributed by atoms with E-state index in [1.165, 1.54) is 17.1 Å². The highest BCUT2D eigenvalue weighted by Crippen LogP contribution is 2.33. The molecular formula is C25H26ClN7O4. The molecule has 4 heterocycles. The Bertz CT molecular complexity index is 1400. The number of rotatable bonds is 8. The molecule has 0 bridgehead atoms. The maximum atomic E-state index is 12.4. The molecule has 1 saturated heterocycles. The second kappa shape index (κ2) is 10.8. The number of aromatic nitrogens is 5. The van der Waals surface area contributed by atoms with Gasteiger partial charge in [-0.25, -0.2) is 15.0 Å². The van der Waals surface area contributed by atoms with E-state index in [0.29, 0.717) is 46.5 Å². The SMILES string of the molecule is CCNC(=O)C1OC(n2cnc3c(NCCc4ccccc4)nc(-c4cncc(Cl)c4)nc32)C(O)C1O. The van der Waals surface area contributed by atoms with Gasteiger partial charge in [-0.05, 0) is 25.0 Å². The van der Waals surface area contributed by atoms with Crippen molar-refractivity contribution >= 4 is 34.5 Å². The number of carbonyl (C=O) groups is 1. The smallest absolute Gasteiger partial charge is 0.252 e. The Morgan fingerprint density at radius 2 is 1.97 bits per heavy atom. The molecule has 0 aliphatic carbocycles. The van der Waals surface area contributed by atoms with Crippen LogP contribution < -0.4 is 10.6 Å². The Morgan fingerprint density at radius 1 is 1.16 bits per heavy atom. The molecule has 192 valence electrons. The van der Waals surface area contributed by atoms with Gasteiger partial charge in [-0.3, -0.25) is 14.3 Å². The number of nitrogens with zero attached hydrogens (tertiary/aromatic N) is 5. The summed E-state index contributed by atoms with van der Waals surface area (Å²) in [5.41, 5.74) is 2.54. The Kier molecular flexibility index (Phi) is 7.28. The van der Waals surface area contributed by atoms with Gasteiger partial charge < -0.3 is 25.6 Å². The second-order valence-electron chi connectivity index (χ2n) is 8.60. The number of aliphatic hydroxyl groups is 2. The third kappa shape index (κ3) is 5.12. The molecule has 1 amide bonds. The minimum atomic E-state index is -1.42. The summed E-state index contributed by atoms with van der Waals surface area (Å²) in [6.07, 6.45) is 0.176. The van der Waals surface area contributed by atoms with Crippen molar-refractivity contribution in [2.24, 2.45) is 0 Å². The summed E-state index contributed by atoms with van der Waals surface area (Å²) in [5, 5.41) is 27.6. The largest absolute Gasteiger partial charge is 0.387 e. The molecule has 5 rings (SSSR count). The number of aliphatic hydroxyl groups excluding tert-OH is 2. The number of amides is 1. The van der Waals surface area contributed by atoms with Gasteiger partial charge in [-0.2, -0.15) is 0 Å². The van der Waals surface area contributed by atoms with E-state index in [9.17, 15) is 15.0 Å². The lowest BCUT2D eigenvalue weighted by molar-refractivity contribution is -0.137. The molecule has 1 aromatic carbocycles. The van der Waals surface area contributed by atoms with Gasteiger partial charge in [-0.15, -0.1) is 0 Å². The van der Waals surface area contributed by atoms with Crippen LogP contribution in [0.25, 0.3) is 22.6 Å². The third-order valence-electron chi connectivity index (χ3n) is 6.06. The molecule has 11 nitrogen and oxygen atoms in total. The van der Waals surface area contributed by atoms with Gasteiger partial charge >= 0.3 is 0 Å². The quantitative estimate of drug-likeness (QED) is 0.272. The number of anilines is 1. The number of imidazole rings is 1. The van der Waals surface area contributed by atoms with Gasteiger partial charge in [0.1, 0.15) is 12.2 Å². The highest BCUT2D eigenvalue weighted by Gasteiger charge is 2.47. The first-order valence-corrected chi connectivity index (χ1v) is 12.3. The minimum absolute atomic E-state index is 0.333. The highest BCUT2D eigenvalue weighted by molar-refractivity contribution is 6.30. The van der Waals surface area contributed by atoms with Gasteiger partial charge in [0.15, 0.2) is 35.1 Å². The Morgan fingerprint density at radius 3 is 2.73 bits per heavy atom. The third-order valence-corrected chi connectivity index (χ3v) is 6.26. The number of nitrogens with one attached hydrogen (secondary N) is 2. The van der Waals surface area contributed by atoms with E-state index in [2.05, 4.69) is 30.6 Å². The fourth-order valence-electron chi connectivity index (χ4n) is 4.24. The Labute approximate surface area is 217 Å². The van der Waals surface area contributed by atoms with E-state index in [1.54, 1.807) is 19.2 Å². The van der Waals surface area contributed by atoms with Crippen LogP contribution in [0.3, 0.4) is 0 Å². The summed E-state index contributed by atoms with van der Waals surface area (Å²) in [6, 6.07) is 11.7. The second-order valence-corrected chi connectivity index (χ2v) is 9.03. The van der Waals surface area contributed by atoms with Crippen LogP contribution in [0.1, 0.15) is 18.7 Å². The van der Waals surface area contributed by atoms with Crippen LogP contribution in [0.15, 0.2) is 55.1 Å². The number of benzene rings is 1. The number of pyridine rings is 1. The van der Waals surface area contributed by atoms with Crippen molar-refractivity contribution in [3.8, 4) is 11.4 Å². The summed E-state index contributed by atoms with van der Waals surface area (Å²) in [5.74, 6) is 0.298. The molecule has 37 heavy (non-hydrogen) atoms. The molecule has 1 fully saturated rings. The zero-order chi connectivity index (χ0) is 25.9. The summed E-state index contributed by atoms with van der Waals surface area (Å²) in [7, 11) is 0. The van der Waals surface area contributed by atoms with E-state index in [4.69, 9.17) is 16.3 Å². The lowest BCUT2D eigenvalue weighted by atomic mass is 10.1. The predicted molar refractivity (Wildman–Crippen MR) is 137 cm³/mol. The zero-order valence-electron chi connectivity index (χ0n) is 20.0. The molecular weight excluding hydrogens is 498 g/mol. The first-order chi connectivity index (χ1) is 18.0. The van der Waals surface area contributed by atoms with Crippen LogP contribution in [-0.4, -0.2) is 72.0 Å². The molecule has 4 N–H and O–H groups in total. The lowest BCUT2D eigenvalue weighted by Gasteiger charge is -2.17. The molecule has 12 heteroatoms. The maximum Gasteiger partial charge on any atom is 0.252 e. The topological polar surface area (TPSA) is 147 Å². The lowest BCUT2D eigenvalue weighted by Crippen LogP contribution is -2.42. The molecule has 4 aromatic rings. The fraction of sp³-hybridized carbons (Fsp3) is 0.320. The summed E-state index contributed by atoms with van der Waals surface area (Å²) >= 11 is 6.15. The maximum absolute atomic E-state index is 12.4. The highest BCUT2D eigenvalue weighted by atomic mass is 35.5. The number of likely N-dealkylation sites (N-methyl/N-ethyl adjacent to an activating group) is 1. The number of hydrogen-bond acceptors (Lipinski definition) is 9. The summed E-state index contributed by atoms with van der Waals surface area (Å²) < 4.78 is 7.29. The summed E-state index contributed by atoms with van der Waals surface area (Å²) in [6.45, 7) is 2.70. The molecule has 1 aliphatic rings. The van der Waals surface area contributed by atoms with Crippen molar-refractivity contribution in [2.75, 3.05) is 18.4 Å². The molecule has 0 saturated carbocycles. The van der Waals surface area contributed by atoms with Gasteiger partial charge in [0.25, 0.3) is 5.91 Å². The van der Waals surface area contributed by atoms with E-state index in [-0.39, 0.29) is 0 Å². The molecule has 0 radical (unpaired) electrons. The fourth-order valence-corrected chi connectivity index (χ4v) is 4.41. The van der Waals surface area contributed by atoms with E-state index in [1.807, 2.05) is 30.3 Å². The zero-order valence-corrected chi connectivity index (χ0v) is 20.7. The van der Waals surface area contributed by atoms with Crippen molar-refractivity contribution in [1.82, 2.24) is 29.8 Å². The molecule has 3 aromatic heterocycles. The van der Waals surface area contributed by atoms with Crippen molar-refractivity contribution in [2.45, 2.75) is 37.9 Å². The van der Waals surface area contributed by atoms with Crippen LogP contribution in [0, 0.1) is 0 Å². The number of fused-ring (bicyclic) bond motifs is 1. The van der Waals surface area contributed by atoms with Gasteiger partial charge in [0, 0.05) is 31.0 Å². The minimum Gasteiger partial charge on any atom is -0.387 e. The van der Waals surface area contributed by atoms with E-state index >= 15 is 0 Å². The van der Waals surface area contributed by atoms with E-state index < -0.39 is 30.4 Å². The van der Waals surface area contributed by atoms with Gasteiger partial charge in [0.2, 0.25) is 0 Å². The van der Waals surface area contributed by atoms with Crippen molar-refractivity contribution in [1.29, 1.82) is 0 Å². The number of ether oxygens (including phenoxy) is 1. The van der Waals surface area contributed by atoms with Crippen molar-refractivity contribution in [3.63, 3.8) is 0 Å². The monoisotopic (exact) mass is 523 g/mol. The van der Waals surface area contributed by atoms with Gasteiger partial charge in [-0.1, -0.05) is 41.9 Å². The van der Waals surface area contributed by atoms with Crippen LogP contribution in [0.4, 0.5) is 5.82 Å². The van der Waals surface area contributed by atoms with Gasteiger partial charge in [0.05, 0.1) is 11.3 Å². The first kappa shape index (κ1) is 25.0. The molecule has 0 spiro atoms. The average Bonchev–Trinajstić information content (AvgIpc) is 3.45. The first-order valence-electron chi connectivity index (χ1n) is 11.9. The van der Waals surface area contributed by atoms with Crippen LogP contribution in [0.5, 0.6) is 0 Å². The normalized spacial score (nSPS) is 21.3. The number of hydrogen-bond donors (Lipinski definition) is 4. The number of carbonyl (C=O) groups excluding carboxylic acids is 1. The standard InChI is InChI=1S/C25H26ClN7O4/c1-2-28-24(36)20-18(34)19(35)25(37-20)33-13-30-17-22(29-9-8-14-6-4-3-5-7-14)31-21(32-23(17)33)15-10-16(26)12-27-11-15/h3-7,10-13,18-20,25,34-35H,2,8-9H2,1H3,(H,28,36)(H,29,31,32). The van der Waals surface area contributed by atoms with Crippen LogP contribution >= 0.6 is 11.6 Å². The van der Waals surface area contributed by atoms with Crippen molar-refractivity contribution < 1.29 is 19.7 Å². The summed E-state index contributed by atoms with van der Waals surface area (Å²) in [4.78, 5) is 30.3. The van der Waals surface area contributed by atoms with E-state index in [0.717, 1.165) is 12.0 Å². The predicted octanol–water partition coefficient (Wildman–Crippen LogP) is 1.95. The van der Waals surface area contributed by atoms with Crippen LogP contribution in [0.2, 0.25) is 5.02 Å². The number of halogens is 1. The Balaban J connectivity index is 1.52. The molecule has 4 unspecified atom stereocenters.